The van der Waals surface area contributed by atoms with Crippen LogP contribution in [0.4, 0.5) is 30.7 Å². The molecule has 7 nitrogen and oxygen atoms in total. The van der Waals surface area contributed by atoms with Gasteiger partial charge in [-0.3, -0.25) is 4.55 Å². The molecule has 0 fully saturated rings. The van der Waals surface area contributed by atoms with E-state index in [0.29, 0.717) is 35.5 Å². The summed E-state index contributed by atoms with van der Waals surface area (Å²) in [6, 6.07) is 15.4. The zero-order valence-electron chi connectivity index (χ0n) is 29.9. The molecule has 15 heteroatoms. The summed E-state index contributed by atoms with van der Waals surface area (Å²) in [4.78, 5) is -0.242. The van der Waals surface area contributed by atoms with Gasteiger partial charge in [0.1, 0.15) is 28.7 Å². The highest BCUT2D eigenvalue weighted by Gasteiger charge is 2.74. The number of benzene rings is 4. The standard InChI is InChI=1S/C38H39F7O7S/c1-21-14-23(3)33(24(4)15-21)51-31-17-26(6)35(29(19-31)20-50-38(44,45)36(39,40)37(41,42)43)52-30-16-25(5)34(49-7)28(18-30)9-8-22(2)27-10-12-32(13-11-27)53(46,47)48/h10-19,22H,8-9,20H2,1-7H3,(H,46,47,48). The fourth-order valence-electron chi connectivity index (χ4n) is 5.97. The average molecular weight is 773 g/mol. The smallest absolute Gasteiger partial charge is 0.462 e. The Morgan fingerprint density at radius 1 is 0.698 bits per heavy atom. The van der Waals surface area contributed by atoms with Gasteiger partial charge in [-0.1, -0.05) is 36.8 Å². The summed E-state index contributed by atoms with van der Waals surface area (Å²) in [5, 5.41) is 0. The van der Waals surface area contributed by atoms with E-state index in [4.69, 9.17) is 14.2 Å². The van der Waals surface area contributed by atoms with Gasteiger partial charge in [0, 0.05) is 5.56 Å². The molecule has 0 amide bonds. The second-order valence-electron chi connectivity index (χ2n) is 13.0. The zero-order valence-corrected chi connectivity index (χ0v) is 30.7. The molecule has 1 atom stereocenters. The molecule has 0 saturated heterocycles. The normalized spacial score (nSPS) is 13.2. The molecule has 1 unspecified atom stereocenters. The predicted octanol–water partition coefficient (Wildman–Crippen LogP) is 11.1. The van der Waals surface area contributed by atoms with Crippen LogP contribution in [0.2, 0.25) is 0 Å². The van der Waals surface area contributed by atoms with Gasteiger partial charge in [-0.25, -0.2) is 0 Å². The first-order valence-corrected chi connectivity index (χ1v) is 17.7. The molecule has 53 heavy (non-hydrogen) atoms. The van der Waals surface area contributed by atoms with Crippen molar-refractivity contribution in [1.29, 1.82) is 0 Å². The summed E-state index contributed by atoms with van der Waals surface area (Å²) in [5.74, 6) is -5.51. The van der Waals surface area contributed by atoms with Crippen LogP contribution in [-0.4, -0.2) is 38.3 Å². The topological polar surface area (TPSA) is 91.3 Å². The Morgan fingerprint density at radius 2 is 1.19 bits per heavy atom. The van der Waals surface area contributed by atoms with Crippen LogP contribution >= 0.6 is 0 Å². The van der Waals surface area contributed by atoms with E-state index < -0.39 is 34.9 Å². The molecule has 0 aromatic heterocycles. The zero-order chi connectivity index (χ0) is 39.7. The number of alkyl halides is 7. The lowest BCUT2D eigenvalue weighted by Gasteiger charge is -2.28. The van der Waals surface area contributed by atoms with Crippen molar-refractivity contribution in [3.05, 3.63) is 105 Å². The summed E-state index contributed by atoms with van der Waals surface area (Å²) < 4.78 is 149. The molecule has 4 aromatic carbocycles. The first-order valence-electron chi connectivity index (χ1n) is 16.2. The minimum atomic E-state index is -6.59. The van der Waals surface area contributed by atoms with E-state index in [1.54, 1.807) is 45.0 Å². The van der Waals surface area contributed by atoms with Crippen LogP contribution in [-0.2, 0) is 27.9 Å². The summed E-state index contributed by atoms with van der Waals surface area (Å²) in [7, 11) is -2.89. The fourth-order valence-corrected chi connectivity index (χ4v) is 6.45. The Labute approximate surface area is 303 Å². The van der Waals surface area contributed by atoms with Gasteiger partial charge in [-0.15, -0.1) is 0 Å². The van der Waals surface area contributed by atoms with Gasteiger partial charge in [0.05, 0.1) is 18.6 Å². The van der Waals surface area contributed by atoms with Crippen molar-refractivity contribution in [3.8, 4) is 28.7 Å². The van der Waals surface area contributed by atoms with Crippen molar-refractivity contribution in [2.45, 2.75) is 90.0 Å². The van der Waals surface area contributed by atoms with Crippen LogP contribution in [0.15, 0.2) is 65.6 Å². The minimum absolute atomic E-state index is 0.0691. The molecular formula is C38H39F7O7S. The molecule has 288 valence electrons. The SMILES string of the molecule is COc1c(C)cc(Oc2c(C)cc(Oc3c(C)cc(C)cc3C)cc2COC(F)(F)C(F)(F)C(F)(F)F)cc1CCC(C)c1ccc(S(=O)(=O)O)cc1. The highest BCUT2D eigenvalue weighted by Crippen LogP contribution is 2.48. The number of aryl methyl sites for hydroxylation is 6. The number of hydrogen-bond donors (Lipinski definition) is 1. The van der Waals surface area contributed by atoms with Crippen LogP contribution in [0.5, 0.6) is 28.7 Å². The third-order valence-corrected chi connectivity index (χ3v) is 9.49. The van der Waals surface area contributed by atoms with Gasteiger partial charge >= 0.3 is 18.2 Å². The predicted molar refractivity (Wildman–Crippen MR) is 183 cm³/mol. The third-order valence-electron chi connectivity index (χ3n) is 8.62. The van der Waals surface area contributed by atoms with Crippen molar-refractivity contribution in [2.75, 3.05) is 7.11 Å². The molecule has 0 aliphatic carbocycles. The van der Waals surface area contributed by atoms with E-state index in [-0.39, 0.29) is 39.2 Å². The Balaban J connectivity index is 1.70. The van der Waals surface area contributed by atoms with Crippen LogP contribution in [0.3, 0.4) is 0 Å². The molecule has 0 radical (unpaired) electrons. The van der Waals surface area contributed by atoms with Gasteiger partial charge in [0.25, 0.3) is 10.1 Å². The molecule has 4 aromatic rings. The van der Waals surface area contributed by atoms with Crippen LogP contribution < -0.4 is 14.2 Å². The summed E-state index contributed by atoms with van der Waals surface area (Å²) in [6.07, 6.45) is -11.6. The molecule has 1 N–H and O–H groups in total. The summed E-state index contributed by atoms with van der Waals surface area (Å²) in [6.45, 7) is 9.21. The maximum absolute atomic E-state index is 14.4. The largest absolute Gasteiger partial charge is 0.496 e. The monoisotopic (exact) mass is 772 g/mol. The third kappa shape index (κ3) is 9.43. The maximum Gasteiger partial charge on any atom is 0.462 e. The number of methoxy groups -OCH3 is 1. The van der Waals surface area contributed by atoms with Gasteiger partial charge in [-0.2, -0.15) is 39.2 Å². The lowest BCUT2D eigenvalue weighted by molar-refractivity contribution is -0.426. The first kappa shape index (κ1) is 41.4. The molecule has 4 rings (SSSR count). The number of ether oxygens (including phenoxy) is 4. The van der Waals surface area contributed by atoms with Gasteiger partial charge in [0.15, 0.2) is 0 Å². The van der Waals surface area contributed by atoms with E-state index in [1.807, 2.05) is 26.0 Å². The molecule has 0 saturated carbocycles. The van der Waals surface area contributed by atoms with Gasteiger partial charge in [0.2, 0.25) is 0 Å². The van der Waals surface area contributed by atoms with E-state index in [1.165, 1.54) is 38.3 Å². The summed E-state index contributed by atoms with van der Waals surface area (Å²) in [5.41, 5.74) is 4.48. The van der Waals surface area contributed by atoms with Crippen molar-refractivity contribution >= 4 is 10.1 Å². The van der Waals surface area contributed by atoms with Crippen LogP contribution in [0.1, 0.15) is 63.8 Å². The van der Waals surface area contributed by atoms with Crippen molar-refractivity contribution in [1.82, 2.24) is 0 Å². The van der Waals surface area contributed by atoms with Crippen molar-refractivity contribution in [2.24, 2.45) is 0 Å². The van der Waals surface area contributed by atoms with E-state index >= 15 is 0 Å². The van der Waals surface area contributed by atoms with E-state index in [2.05, 4.69) is 4.74 Å². The number of rotatable bonds is 14. The molecule has 0 aliphatic rings. The fraction of sp³-hybridized carbons (Fsp3) is 0.368. The molecule has 0 spiro atoms. The Morgan fingerprint density at radius 3 is 1.70 bits per heavy atom. The Hall–Kier alpha value is -4.34. The maximum atomic E-state index is 14.4. The Bertz CT molecular complexity index is 2040. The van der Waals surface area contributed by atoms with Gasteiger partial charge < -0.3 is 18.9 Å². The number of halogens is 7. The highest BCUT2D eigenvalue weighted by atomic mass is 32.2. The second-order valence-corrected chi connectivity index (χ2v) is 14.4. The van der Waals surface area contributed by atoms with Crippen molar-refractivity contribution in [3.63, 3.8) is 0 Å². The lowest BCUT2D eigenvalue weighted by Crippen LogP contribution is -2.53. The highest BCUT2D eigenvalue weighted by molar-refractivity contribution is 7.85. The van der Waals surface area contributed by atoms with E-state index in [0.717, 1.165) is 22.3 Å². The van der Waals surface area contributed by atoms with Crippen LogP contribution in [0.25, 0.3) is 0 Å². The Kier molecular flexibility index (Phi) is 12.2. The summed E-state index contributed by atoms with van der Waals surface area (Å²) >= 11 is 0. The molecule has 0 bridgehead atoms. The second kappa shape index (κ2) is 15.6. The quantitative estimate of drug-likeness (QED) is 0.101. The lowest BCUT2D eigenvalue weighted by atomic mass is 9.93. The van der Waals surface area contributed by atoms with Crippen LogP contribution in [0, 0.1) is 34.6 Å². The van der Waals surface area contributed by atoms with Crippen molar-refractivity contribution < 1.29 is 62.7 Å². The molecule has 0 aliphatic heterocycles. The van der Waals surface area contributed by atoms with Gasteiger partial charge in [-0.05, 0) is 123 Å². The molecular weight excluding hydrogens is 733 g/mol. The minimum Gasteiger partial charge on any atom is -0.496 e. The van der Waals surface area contributed by atoms with E-state index in [9.17, 15) is 43.7 Å². The molecule has 0 heterocycles. The first-order chi connectivity index (χ1) is 24.4. The number of hydrogen-bond acceptors (Lipinski definition) is 6. The average Bonchev–Trinajstić information content (AvgIpc) is 3.04.